The van der Waals surface area contributed by atoms with Gasteiger partial charge in [-0.05, 0) is 18.2 Å². The fraction of sp³-hybridized carbons (Fsp3) is 0.417. The number of benzene rings is 1. The van der Waals surface area contributed by atoms with E-state index in [4.69, 9.17) is 35.5 Å². The van der Waals surface area contributed by atoms with Crippen LogP contribution < -0.4 is 9.64 Å². The maximum atomic E-state index is 9.96. The molecule has 3 fully saturated rings. The minimum atomic E-state index is -0.672. The van der Waals surface area contributed by atoms with Crippen molar-refractivity contribution in [2.75, 3.05) is 44.4 Å². The third-order valence-electron chi connectivity index (χ3n) is 6.57. The summed E-state index contributed by atoms with van der Waals surface area (Å²) in [5, 5.41) is 20.3. The van der Waals surface area contributed by atoms with Crippen LogP contribution in [0.2, 0.25) is 5.02 Å². The van der Waals surface area contributed by atoms with Crippen molar-refractivity contribution in [3.8, 4) is 23.2 Å². The molecule has 10 heteroatoms. The smallest absolute Gasteiger partial charge is 0.212 e. The maximum Gasteiger partial charge on any atom is 0.212 e. The summed E-state index contributed by atoms with van der Waals surface area (Å²) >= 11 is 6.59. The van der Waals surface area contributed by atoms with Crippen molar-refractivity contribution in [2.45, 2.75) is 24.4 Å². The van der Waals surface area contributed by atoms with E-state index in [1.54, 1.807) is 6.07 Å². The van der Waals surface area contributed by atoms with E-state index in [-0.39, 0.29) is 19.3 Å². The number of aromatic amines is 1. The number of aliphatic hydroxyl groups excluding tert-OH is 1. The number of nitrogens with zero attached hydrogens (tertiary/aromatic N) is 3. The van der Waals surface area contributed by atoms with Gasteiger partial charge >= 0.3 is 0 Å². The summed E-state index contributed by atoms with van der Waals surface area (Å²) in [6, 6.07) is 12.0. The van der Waals surface area contributed by atoms with Crippen molar-refractivity contribution in [1.29, 1.82) is 5.26 Å². The molecule has 1 aromatic carbocycles. The van der Waals surface area contributed by atoms with E-state index in [0.29, 0.717) is 33.2 Å². The van der Waals surface area contributed by atoms with Crippen LogP contribution in [0.5, 0.6) is 5.88 Å². The first-order valence-electron chi connectivity index (χ1n) is 11.3. The lowest BCUT2D eigenvalue weighted by Crippen LogP contribution is -2.36. The SMILES string of the molecule is N#Cc1c(O[C@@H]2COC3[C@H](O)CO[C@@H]32)[nH]c2cc(Cl)c(-c3ccc(N4CCOCC4)cc3)nc12. The third-order valence-corrected chi connectivity index (χ3v) is 6.86. The van der Waals surface area contributed by atoms with Crippen LogP contribution in [0.3, 0.4) is 0 Å². The van der Waals surface area contributed by atoms with Gasteiger partial charge in [-0.15, -0.1) is 0 Å². The average molecular weight is 483 g/mol. The monoisotopic (exact) mass is 482 g/mol. The Hall–Kier alpha value is -2.87. The first-order valence-corrected chi connectivity index (χ1v) is 11.6. The number of halogens is 1. The van der Waals surface area contributed by atoms with Gasteiger partial charge in [-0.3, -0.25) is 0 Å². The number of H-pyrrole nitrogens is 1. The van der Waals surface area contributed by atoms with Crippen molar-refractivity contribution in [2.24, 2.45) is 0 Å². The second kappa shape index (κ2) is 8.73. The largest absolute Gasteiger partial charge is 0.469 e. The van der Waals surface area contributed by atoms with Gasteiger partial charge in [-0.1, -0.05) is 23.7 Å². The van der Waals surface area contributed by atoms with Crippen LogP contribution in [-0.4, -0.2) is 79.0 Å². The van der Waals surface area contributed by atoms with Crippen molar-refractivity contribution in [1.82, 2.24) is 9.97 Å². The van der Waals surface area contributed by atoms with Gasteiger partial charge in [0.2, 0.25) is 5.88 Å². The molecule has 5 heterocycles. The lowest BCUT2D eigenvalue weighted by atomic mass is 10.1. The predicted molar refractivity (Wildman–Crippen MR) is 124 cm³/mol. The zero-order chi connectivity index (χ0) is 23.2. The van der Waals surface area contributed by atoms with E-state index in [2.05, 4.69) is 16.0 Å². The summed E-state index contributed by atoms with van der Waals surface area (Å²) in [6.07, 6.45) is -1.91. The quantitative estimate of drug-likeness (QED) is 0.583. The molecule has 2 aromatic heterocycles. The van der Waals surface area contributed by atoms with Gasteiger partial charge < -0.3 is 33.9 Å². The highest BCUT2D eigenvalue weighted by Gasteiger charge is 2.48. The molecular formula is C24H23ClN4O5. The number of nitriles is 1. The van der Waals surface area contributed by atoms with Gasteiger partial charge in [-0.2, -0.15) is 5.26 Å². The van der Waals surface area contributed by atoms with Crippen LogP contribution in [0, 0.1) is 11.3 Å². The first-order chi connectivity index (χ1) is 16.6. The summed E-state index contributed by atoms with van der Waals surface area (Å²) in [5.41, 5.74) is 3.95. The lowest BCUT2D eigenvalue weighted by Gasteiger charge is -2.28. The molecule has 0 aliphatic carbocycles. The normalized spacial score (nSPS) is 26.6. The summed E-state index contributed by atoms with van der Waals surface area (Å²) < 4.78 is 22.8. The molecule has 0 saturated carbocycles. The molecule has 0 spiro atoms. The Bertz CT molecular complexity index is 1250. The van der Waals surface area contributed by atoms with Gasteiger partial charge in [0.1, 0.15) is 35.5 Å². The molecule has 34 heavy (non-hydrogen) atoms. The number of morpholine rings is 1. The fourth-order valence-electron chi connectivity index (χ4n) is 4.81. The van der Waals surface area contributed by atoms with Gasteiger partial charge in [0.25, 0.3) is 0 Å². The highest BCUT2D eigenvalue weighted by atomic mass is 35.5. The predicted octanol–water partition coefficient (Wildman–Crippen LogP) is 2.50. The Morgan fingerprint density at radius 2 is 1.91 bits per heavy atom. The van der Waals surface area contributed by atoms with Crippen molar-refractivity contribution >= 4 is 28.3 Å². The Balaban J connectivity index is 1.30. The second-order valence-corrected chi connectivity index (χ2v) is 9.03. The molecule has 2 N–H and O–H groups in total. The zero-order valence-electron chi connectivity index (χ0n) is 18.2. The number of ether oxygens (including phenoxy) is 4. The van der Waals surface area contributed by atoms with Crippen LogP contribution >= 0.6 is 11.6 Å². The third kappa shape index (κ3) is 3.68. The van der Waals surface area contributed by atoms with E-state index in [0.717, 1.165) is 37.6 Å². The van der Waals surface area contributed by atoms with E-state index >= 15 is 0 Å². The molecule has 3 aromatic rings. The first kappa shape index (κ1) is 21.6. The molecule has 1 unspecified atom stereocenters. The molecule has 3 saturated heterocycles. The van der Waals surface area contributed by atoms with Crippen LogP contribution in [-0.2, 0) is 14.2 Å². The van der Waals surface area contributed by atoms with E-state index < -0.39 is 18.3 Å². The zero-order valence-corrected chi connectivity index (χ0v) is 19.0. The number of pyridine rings is 1. The lowest BCUT2D eigenvalue weighted by molar-refractivity contribution is 0.00789. The molecule has 9 nitrogen and oxygen atoms in total. The van der Waals surface area contributed by atoms with E-state index in [1.807, 2.05) is 24.3 Å². The number of hydrogen-bond acceptors (Lipinski definition) is 8. The number of aromatic nitrogens is 2. The standard InChI is InChI=1S/C24H23ClN4O5/c25-16-9-17-21(28-20(16)13-1-3-14(4-2-13)29-5-7-31-8-6-29)15(10-26)24(27-17)34-19-12-33-22-18(30)11-32-23(19)22/h1-4,9,18-19,22-23,27,30H,5-8,11-12H2/t18-,19-,22?,23-/m1/s1. The Morgan fingerprint density at radius 3 is 2.68 bits per heavy atom. The number of fused-ring (bicyclic) bond motifs is 2. The Kier molecular flexibility index (Phi) is 5.56. The number of aliphatic hydroxyl groups is 1. The van der Waals surface area contributed by atoms with Gasteiger partial charge in [-0.25, -0.2) is 4.98 Å². The molecule has 0 bridgehead atoms. The molecule has 0 radical (unpaired) electrons. The van der Waals surface area contributed by atoms with E-state index in [1.165, 1.54) is 0 Å². The topological polar surface area (TPSA) is 113 Å². The van der Waals surface area contributed by atoms with Crippen LogP contribution in [0.1, 0.15) is 5.56 Å². The fourth-order valence-corrected chi connectivity index (χ4v) is 5.07. The minimum Gasteiger partial charge on any atom is -0.469 e. The number of hydrogen-bond donors (Lipinski definition) is 2. The van der Waals surface area contributed by atoms with Crippen molar-refractivity contribution < 1.29 is 24.1 Å². The second-order valence-electron chi connectivity index (χ2n) is 8.62. The molecule has 6 rings (SSSR count). The molecule has 4 atom stereocenters. The Morgan fingerprint density at radius 1 is 1.15 bits per heavy atom. The van der Waals surface area contributed by atoms with Gasteiger partial charge in [0, 0.05) is 24.3 Å². The highest BCUT2D eigenvalue weighted by Crippen LogP contribution is 2.36. The molecular weight excluding hydrogens is 460 g/mol. The minimum absolute atomic E-state index is 0.206. The van der Waals surface area contributed by atoms with Crippen molar-refractivity contribution in [3.05, 3.63) is 40.9 Å². The molecule has 3 aliphatic rings. The summed E-state index contributed by atoms with van der Waals surface area (Å²) in [6.45, 7) is 3.64. The highest BCUT2D eigenvalue weighted by molar-refractivity contribution is 6.33. The summed E-state index contributed by atoms with van der Waals surface area (Å²) in [5.74, 6) is 0.292. The van der Waals surface area contributed by atoms with Gasteiger partial charge in [0.05, 0.1) is 42.7 Å². The van der Waals surface area contributed by atoms with Crippen LogP contribution in [0.4, 0.5) is 5.69 Å². The molecule has 0 amide bonds. The molecule has 3 aliphatic heterocycles. The Labute approximate surface area is 200 Å². The maximum absolute atomic E-state index is 9.96. The number of rotatable bonds is 4. The number of anilines is 1. The average Bonchev–Trinajstić information content (AvgIpc) is 3.54. The summed E-state index contributed by atoms with van der Waals surface area (Å²) in [4.78, 5) is 10.1. The molecule has 176 valence electrons. The van der Waals surface area contributed by atoms with Crippen molar-refractivity contribution in [3.63, 3.8) is 0 Å². The van der Waals surface area contributed by atoms with E-state index in [9.17, 15) is 10.4 Å². The van der Waals surface area contributed by atoms with Gasteiger partial charge in [0.15, 0.2) is 6.10 Å². The summed E-state index contributed by atoms with van der Waals surface area (Å²) in [7, 11) is 0. The van der Waals surface area contributed by atoms with Crippen LogP contribution in [0.25, 0.3) is 22.3 Å². The number of nitrogens with one attached hydrogen (secondary N) is 1. The van der Waals surface area contributed by atoms with Crippen LogP contribution in [0.15, 0.2) is 30.3 Å².